The van der Waals surface area contributed by atoms with Crippen molar-refractivity contribution in [1.82, 2.24) is 0 Å². The summed E-state index contributed by atoms with van der Waals surface area (Å²) < 4.78 is 18.6. The fourth-order valence-electron chi connectivity index (χ4n) is 2.29. The van der Waals surface area contributed by atoms with Crippen LogP contribution in [0.5, 0.6) is 0 Å². The number of hydrogen-bond acceptors (Lipinski definition) is 4. The van der Waals surface area contributed by atoms with Gasteiger partial charge in [-0.3, -0.25) is 0 Å². The lowest BCUT2D eigenvalue weighted by Gasteiger charge is -2.13. The zero-order chi connectivity index (χ0) is 17.3. The predicted molar refractivity (Wildman–Crippen MR) is 87.6 cm³/mol. The molecule has 7 heteroatoms. The number of aliphatic hydroxyl groups excluding tert-OH is 1. The van der Waals surface area contributed by atoms with Gasteiger partial charge in [0, 0.05) is 11.5 Å². The van der Waals surface area contributed by atoms with Gasteiger partial charge in [-0.1, -0.05) is 30.1 Å². The standard InChI is InChI=1S/C16H16Cl2FNO3/c1-3-23-16(22)13(14(20)8-4-7(8)2)15(21)9-5-12(19)11(18)6-10(9)17/h5-8,20-21H,3-4H2,1-2H3. The van der Waals surface area contributed by atoms with Crippen molar-refractivity contribution in [2.75, 3.05) is 6.61 Å². The van der Waals surface area contributed by atoms with Crippen LogP contribution in [0.3, 0.4) is 0 Å². The summed E-state index contributed by atoms with van der Waals surface area (Å²) in [5, 5.41) is 18.4. The number of carbonyl (C=O) groups excluding carboxylic acids is 1. The average Bonchev–Trinajstić information content (AvgIpc) is 3.20. The van der Waals surface area contributed by atoms with Crippen molar-refractivity contribution < 1.29 is 19.0 Å². The van der Waals surface area contributed by atoms with Gasteiger partial charge in [0.15, 0.2) is 0 Å². The highest BCUT2D eigenvalue weighted by Crippen LogP contribution is 2.42. The van der Waals surface area contributed by atoms with Crippen LogP contribution in [0.2, 0.25) is 10.0 Å². The molecule has 4 nitrogen and oxygen atoms in total. The van der Waals surface area contributed by atoms with Crippen LogP contribution in [-0.4, -0.2) is 23.4 Å². The Kier molecular flexibility index (Phi) is 5.32. The first-order valence-corrected chi connectivity index (χ1v) is 7.87. The summed E-state index contributed by atoms with van der Waals surface area (Å²) in [7, 11) is 0. The van der Waals surface area contributed by atoms with Crippen molar-refractivity contribution in [1.29, 1.82) is 5.41 Å². The molecule has 1 aromatic carbocycles. The number of esters is 1. The Bertz CT molecular complexity index is 703. The quantitative estimate of drug-likeness (QED) is 0.264. The highest BCUT2D eigenvalue weighted by molar-refractivity contribution is 6.36. The fourth-order valence-corrected chi connectivity index (χ4v) is 2.76. The van der Waals surface area contributed by atoms with Gasteiger partial charge in [0.2, 0.25) is 0 Å². The zero-order valence-electron chi connectivity index (χ0n) is 12.6. The van der Waals surface area contributed by atoms with E-state index >= 15 is 0 Å². The number of ether oxygens (including phenoxy) is 1. The Hall–Kier alpha value is -1.59. The number of nitrogens with one attached hydrogen (secondary N) is 1. The molecule has 0 aromatic heterocycles. The summed E-state index contributed by atoms with van der Waals surface area (Å²) in [4.78, 5) is 12.2. The van der Waals surface area contributed by atoms with Crippen LogP contribution < -0.4 is 0 Å². The summed E-state index contributed by atoms with van der Waals surface area (Å²) in [6.07, 6.45) is 0.748. The molecule has 2 unspecified atom stereocenters. The van der Waals surface area contributed by atoms with Gasteiger partial charge in [0.25, 0.3) is 0 Å². The van der Waals surface area contributed by atoms with Crippen molar-refractivity contribution >= 4 is 40.6 Å². The molecule has 1 aliphatic rings. The minimum atomic E-state index is -0.833. The lowest BCUT2D eigenvalue weighted by molar-refractivity contribution is -0.137. The summed E-state index contributed by atoms with van der Waals surface area (Å²) in [5.74, 6) is -2.08. The summed E-state index contributed by atoms with van der Waals surface area (Å²) in [5.41, 5.74) is -0.417. The van der Waals surface area contributed by atoms with Gasteiger partial charge in [-0.15, -0.1) is 0 Å². The molecule has 1 fully saturated rings. The van der Waals surface area contributed by atoms with Crippen molar-refractivity contribution in [3.8, 4) is 0 Å². The molecule has 2 rings (SSSR count). The highest BCUT2D eigenvalue weighted by atomic mass is 35.5. The number of aliphatic hydroxyl groups is 1. The predicted octanol–water partition coefficient (Wildman–Crippen LogP) is 4.64. The summed E-state index contributed by atoms with van der Waals surface area (Å²) in [6.45, 7) is 3.64. The second-order valence-electron chi connectivity index (χ2n) is 5.42. The number of rotatable bonds is 5. The van der Waals surface area contributed by atoms with Crippen molar-refractivity contribution in [3.05, 3.63) is 39.1 Å². The topological polar surface area (TPSA) is 70.4 Å². The molecule has 0 spiro atoms. The Morgan fingerprint density at radius 2 is 2.04 bits per heavy atom. The molecule has 0 bridgehead atoms. The monoisotopic (exact) mass is 359 g/mol. The average molecular weight is 360 g/mol. The van der Waals surface area contributed by atoms with E-state index < -0.39 is 17.5 Å². The molecular weight excluding hydrogens is 344 g/mol. The number of halogens is 3. The second kappa shape index (κ2) is 6.89. The van der Waals surface area contributed by atoms with E-state index in [-0.39, 0.29) is 45.3 Å². The van der Waals surface area contributed by atoms with Crippen LogP contribution in [-0.2, 0) is 9.53 Å². The SMILES string of the molecule is CCOC(=O)C(C(=N)C1CC1C)=C(O)c1cc(F)c(Cl)cc1Cl. The maximum absolute atomic E-state index is 13.7. The van der Waals surface area contributed by atoms with Crippen LogP contribution in [0.1, 0.15) is 25.8 Å². The Morgan fingerprint density at radius 3 is 2.57 bits per heavy atom. The van der Waals surface area contributed by atoms with E-state index in [0.29, 0.717) is 0 Å². The maximum atomic E-state index is 13.7. The lowest BCUT2D eigenvalue weighted by atomic mass is 10.00. The molecule has 0 radical (unpaired) electrons. The Morgan fingerprint density at radius 1 is 1.43 bits per heavy atom. The molecule has 0 amide bonds. The van der Waals surface area contributed by atoms with Gasteiger partial charge >= 0.3 is 5.97 Å². The molecule has 1 saturated carbocycles. The van der Waals surface area contributed by atoms with E-state index in [2.05, 4.69) is 0 Å². The molecule has 0 aliphatic heterocycles. The fraction of sp³-hybridized carbons (Fsp3) is 0.375. The van der Waals surface area contributed by atoms with Gasteiger partial charge in [0.1, 0.15) is 17.1 Å². The highest BCUT2D eigenvalue weighted by Gasteiger charge is 2.41. The van der Waals surface area contributed by atoms with Gasteiger partial charge in [0.05, 0.1) is 22.4 Å². The first kappa shape index (κ1) is 17.8. The third kappa shape index (κ3) is 3.67. The Labute approximate surface area is 143 Å². The second-order valence-corrected chi connectivity index (χ2v) is 6.24. The van der Waals surface area contributed by atoms with Crippen LogP contribution in [0, 0.1) is 23.1 Å². The molecular formula is C16H16Cl2FNO3. The molecule has 1 aromatic rings. The van der Waals surface area contributed by atoms with Gasteiger partial charge in [-0.2, -0.15) is 0 Å². The smallest absolute Gasteiger partial charge is 0.343 e. The van der Waals surface area contributed by atoms with E-state index in [1.807, 2.05) is 6.92 Å². The number of hydrogen-bond donors (Lipinski definition) is 2. The van der Waals surface area contributed by atoms with Crippen LogP contribution in [0.4, 0.5) is 4.39 Å². The third-order valence-electron chi connectivity index (χ3n) is 3.73. The van der Waals surface area contributed by atoms with E-state index in [0.717, 1.165) is 18.6 Å². The van der Waals surface area contributed by atoms with E-state index in [1.165, 1.54) is 0 Å². The molecule has 0 saturated heterocycles. The first-order valence-electron chi connectivity index (χ1n) is 7.12. The Balaban J connectivity index is 2.55. The van der Waals surface area contributed by atoms with Crippen LogP contribution >= 0.6 is 23.2 Å². The maximum Gasteiger partial charge on any atom is 0.343 e. The first-order chi connectivity index (χ1) is 10.8. The van der Waals surface area contributed by atoms with Gasteiger partial charge in [-0.05, 0) is 31.4 Å². The number of carbonyl (C=O) groups is 1. The van der Waals surface area contributed by atoms with Crippen LogP contribution in [0.25, 0.3) is 5.76 Å². The largest absolute Gasteiger partial charge is 0.506 e. The molecule has 23 heavy (non-hydrogen) atoms. The summed E-state index contributed by atoms with van der Waals surface area (Å²) >= 11 is 11.6. The number of benzene rings is 1. The van der Waals surface area contributed by atoms with Crippen molar-refractivity contribution in [2.24, 2.45) is 11.8 Å². The molecule has 2 N–H and O–H groups in total. The third-order valence-corrected chi connectivity index (χ3v) is 4.33. The summed E-state index contributed by atoms with van der Waals surface area (Å²) in [6, 6.07) is 2.07. The lowest BCUT2D eigenvalue weighted by Crippen LogP contribution is -2.19. The normalized spacial score (nSPS) is 20.7. The van der Waals surface area contributed by atoms with Gasteiger partial charge < -0.3 is 15.3 Å². The van der Waals surface area contributed by atoms with E-state index in [4.69, 9.17) is 33.3 Å². The molecule has 1 aliphatic carbocycles. The van der Waals surface area contributed by atoms with Gasteiger partial charge in [-0.25, -0.2) is 9.18 Å². The zero-order valence-corrected chi connectivity index (χ0v) is 14.1. The van der Waals surface area contributed by atoms with Crippen LogP contribution in [0.15, 0.2) is 17.7 Å². The van der Waals surface area contributed by atoms with E-state index in [1.54, 1.807) is 6.92 Å². The molecule has 2 atom stereocenters. The van der Waals surface area contributed by atoms with E-state index in [9.17, 15) is 14.3 Å². The minimum Gasteiger partial charge on any atom is -0.506 e. The van der Waals surface area contributed by atoms with Crippen molar-refractivity contribution in [2.45, 2.75) is 20.3 Å². The molecule has 124 valence electrons. The minimum absolute atomic E-state index is 0.0210. The molecule has 0 heterocycles. The van der Waals surface area contributed by atoms with Crippen molar-refractivity contribution in [3.63, 3.8) is 0 Å².